The summed E-state index contributed by atoms with van der Waals surface area (Å²) in [5.74, 6) is 0.665. The van der Waals surface area contributed by atoms with Gasteiger partial charge >= 0.3 is 0 Å². The molecule has 1 fully saturated rings. The number of amidine groups is 1. The van der Waals surface area contributed by atoms with E-state index in [1.807, 2.05) is 24.3 Å². The minimum Gasteiger partial charge on any atom is -0.387 e. The summed E-state index contributed by atoms with van der Waals surface area (Å²) in [4.78, 5) is 0. The maximum atomic E-state index is 7.64. The van der Waals surface area contributed by atoms with Crippen molar-refractivity contribution < 1.29 is 0 Å². The van der Waals surface area contributed by atoms with Crippen LogP contribution in [0.15, 0.2) is 24.3 Å². The molecule has 1 saturated carbocycles. The van der Waals surface area contributed by atoms with Gasteiger partial charge in [0.05, 0.1) is 5.41 Å². The Kier molecular flexibility index (Phi) is 2.04. The van der Waals surface area contributed by atoms with Gasteiger partial charge in [0.15, 0.2) is 0 Å². The van der Waals surface area contributed by atoms with Crippen molar-refractivity contribution >= 4 is 17.4 Å². The maximum absolute atomic E-state index is 7.64. The van der Waals surface area contributed by atoms with Crippen molar-refractivity contribution in [1.29, 1.82) is 5.41 Å². The van der Waals surface area contributed by atoms with Gasteiger partial charge in [0.25, 0.3) is 0 Å². The molecule has 74 valence electrons. The zero-order chi connectivity index (χ0) is 10.3. The standard InChI is InChI=1S/C11H13ClN2/c1-7-6-11(7,10(13)14)8-4-2-3-5-9(8)12/h2-5,7H,6H2,1H3,(H3,13,14). The van der Waals surface area contributed by atoms with Gasteiger partial charge in [0, 0.05) is 5.02 Å². The lowest BCUT2D eigenvalue weighted by Gasteiger charge is -2.16. The van der Waals surface area contributed by atoms with E-state index in [4.69, 9.17) is 22.7 Å². The first-order valence-corrected chi connectivity index (χ1v) is 5.06. The molecule has 2 rings (SSSR count). The predicted octanol–water partition coefficient (Wildman–Crippen LogP) is 2.55. The average Bonchev–Trinajstić information content (AvgIpc) is 2.79. The normalized spacial score (nSPS) is 30.0. The van der Waals surface area contributed by atoms with Gasteiger partial charge in [-0.25, -0.2) is 0 Å². The summed E-state index contributed by atoms with van der Waals surface area (Å²) in [7, 11) is 0. The molecule has 0 spiro atoms. The molecule has 14 heavy (non-hydrogen) atoms. The molecule has 0 bridgehead atoms. The first-order chi connectivity index (χ1) is 6.59. The lowest BCUT2D eigenvalue weighted by atomic mass is 9.92. The molecule has 0 aromatic heterocycles. The number of nitrogens with two attached hydrogens (primary N) is 1. The van der Waals surface area contributed by atoms with Crippen LogP contribution in [0, 0.1) is 11.3 Å². The van der Waals surface area contributed by atoms with Crippen LogP contribution in [0.4, 0.5) is 0 Å². The first-order valence-electron chi connectivity index (χ1n) is 4.68. The van der Waals surface area contributed by atoms with Gasteiger partial charge in [-0.3, -0.25) is 5.41 Å². The summed E-state index contributed by atoms with van der Waals surface area (Å²) in [6.07, 6.45) is 0.937. The third-order valence-corrected chi connectivity index (χ3v) is 3.47. The molecule has 2 nitrogen and oxygen atoms in total. The molecule has 2 unspecified atom stereocenters. The number of nitrogens with one attached hydrogen (secondary N) is 1. The summed E-state index contributed by atoms with van der Waals surface area (Å²) in [5, 5.41) is 8.36. The van der Waals surface area contributed by atoms with Crippen LogP contribution in [-0.4, -0.2) is 5.84 Å². The van der Waals surface area contributed by atoms with Gasteiger partial charge in [-0.05, 0) is 24.0 Å². The molecule has 3 N–H and O–H groups in total. The van der Waals surface area contributed by atoms with E-state index >= 15 is 0 Å². The van der Waals surface area contributed by atoms with E-state index < -0.39 is 0 Å². The number of hydrogen-bond donors (Lipinski definition) is 2. The number of benzene rings is 1. The second kappa shape index (κ2) is 2.99. The summed E-state index contributed by atoms with van der Waals surface area (Å²) >= 11 is 6.11. The van der Waals surface area contributed by atoms with Crippen molar-refractivity contribution in [3.8, 4) is 0 Å². The Bertz CT molecular complexity index is 389. The minimum absolute atomic E-state index is 0.234. The van der Waals surface area contributed by atoms with E-state index in [1.165, 1.54) is 0 Å². The van der Waals surface area contributed by atoms with Gasteiger partial charge in [-0.15, -0.1) is 0 Å². The van der Waals surface area contributed by atoms with Crippen LogP contribution in [-0.2, 0) is 5.41 Å². The van der Waals surface area contributed by atoms with Crippen LogP contribution in [0.5, 0.6) is 0 Å². The maximum Gasteiger partial charge on any atom is 0.102 e. The highest BCUT2D eigenvalue weighted by Gasteiger charge is 2.56. The van der Waals surface area contributed by atoms with E-state index in [0.29, 0.717) is 10.9 Å². The van der Waals surface area contributed by atoms with Crippen molar-refractivity contribution in [3.05, 3.63) is 34.9 Å². The Hall–Kier alpha value is -1.02. The predicted molar refractivity (Wildman–Crippen MR) is 58.8 cm³/mol. The second-order valence-corrected chi connectivity index (χ2v) is 4.38. The highest BCUT2D eigenvalue weighted by atomic mass is 35.5. The van der Waals surface area contributed by atoms with Crippen molar-refractivity contribution in [1.82, 2.24) is 0 Å². The fourth-order valence-corrected chi connectivity index (χ4v) is 2.45. The molecular formula is C11H13ClN2. The monoisotopic (exact) mass is 208 g/mol. The molecule has 0 amide bonds. The zero-order valence-corrected chi connectivity index (χ0v) is 8.81. The first kappa shape index (κ1) is 9.53. The molecule has 1 aromatic rings. The second-order valence-electron chi connectivity index (χ2n) is 3.97. The largest absolute Gasteiger partial charge is 0.387 e. The summed E-state index contributed by atoms with van der Waals surface area (Å²) in [5.41, 5.74) is 6.37. The highest BCUT2D eigenvalue weighted by molar-refractivity contribution is 6.32. The van der Waals surface area contributed by atoms with Crippen molar-refractivity contribution in [2.45, 2.75) is 18.8 Å². The van der Waals surface area contributed by atoms with Gasteiger partial charge in [-0.2, -0.15) is 0 Å². The topological polar surface area (TPSA) is 49.9 Å². The molecule has 0 aliphatic heterocycles. The van der Waals surface area contributed by atoms with Crippen molar-refractivity contribution in [3.63, 3.8) is 0 Å². The Balaban J connectivity index is 2.49. The van der Waals surface area contributed by atoms with Crippen LogP contribution in [0.2, 0.25) is 5.02 Å². The van der Waals surface area contributed by atoms with Gasteiger partial charge < -0.3 is 5.73 Å². The van der Waals surface area contributed by atoms with Crippen LogP contribution >= 0.6 is 11.6 Å². The average molecular weight is 209 g/mol. The third-order valence-electron chi connectivity index (χ3n) is 3.14. The molecule has 1 aliphatic carbocycles. The Labute approximate surface area is 88.6 Å². The fourth-order valence-electron chi connectivity index (χ4n) is 2.14. The van der Waals surface area contributed by atoms with Crippen LogP contribution in [0.1, 0.15) is 18.9 Å². The highest BCUT2D eigenvalue weighted by Crippen LogP contribution is 2.55. The minimum atomic E-state index is -0.279. The van der Waals surface area contributed by atoms with Crippen LogP contribution in [0.25, 0.3) is 0 Å². The van der Waals surface area contributed by atoms with E-state index in [2.05, 4.69) is 6.92 Å². The lowest BCUT2D eigenvalue weighted by Crippen LogP contribution is -2.29. The number of rotatable bonds is 2. The lowest BCUT2D eigenvalue weighted by molar-refractivity contribution is 0.805. The van der Waals surface area contributed by atoms with Crippen LogP contribution < -0.4 is 5.73 Å². The Morgan fingerprint density at radius 1 is 1.57 bits per heavy atom. The molecule has 0 radical (unpaired) electrons. The van der Waals surface area contributed by atoms with E-state index in [9.17, 15) is 0 Å². The molecule has 0 heterocycles. The Morgan fingerprint density at radius 2 is 2.14 bits per heavy atom. The summed E-state index contributed by atoms with van der Waals surface area (Å²) in [6, 6.07) is 7.66. The SMILES string of the molecule is CC1CC1(C(=N)N)c1ccccc1Cl. The molecule has 1 aliphatic rings. The number of hydrogen-bond acceptors (Lipinski definition) is 1. The molecule has 1 aromatic carbocycles. The summed E-state index contributed by atoms with van der Waals surface area (Å²) < 4.78 is 0. The van der Waals surface area contributed by atoms with Crippen LogP contribution in [0.3, 0.4) is 0 Å². The number of halogens is 1. The molecule has 2 atom stereocenters. The zero-order valence-electron chi connectivity index (χ0n) is 8.05. The van der Waals surface area contributed by atoms with E-state index in [1.54, 1.807) is 0 Å². The van der Waals surface area contributed by atoms with Gasteiger partial charge in [0.1, 0.15) is 5.84 Å². The molecular weight excluding hydrogens is 196 g/mol. The summed E-state index contributed by atoms with van der Waals surface area (Å²) in [6.45, 7) is 2.10. The third kappa shape index (κ3) is 1.14. The quantitative estimate of drug-likeness (QED) is 0.570. The van der Waals surface area contributed by atoms with Crippen molar-refractivity contribution in [2.75, 3.05) is 0 Å². The Morgan fingerprint density at radius 3 is 2.57 bits per heavy atom. The molecule has 3 heteroatoms. The van der Waals surface area contributed by atoms with E-state index in [0.717, 1.165) is 12.0 Å². The molecule has 0 saturated heterocycles. The fraction of sp³-hybridized carbons (Fsp3) is 0.364. The van der Waals surface area contributed by atoms with E-state index in [-0.39, 0.29) is 11.3 Å². The van der Waals surface area contributed by atoms with Crippen molar-refractivity contribution in [2.24, 2.45) is 11.7 Å². The smallest absolute Gasteiger partial charge is 0.102 e. The van der Waals surface area contributed by atoms with Gasteiger partial charge in [0.2, 0.25) is 0 Å². The van der Waals surface area contributed by atoms with Gasteiger partial charge in [-0.1, -0.05) is 36.7 Å².